The first kappa shape index (κ1) is 21.4. The molecule has 0 aliphatic rings. The van der Waals surface area contributed by atoms with Crippen LogP contribution in [0.5, 0.6) is 11.5 Å². The van der Waals surface area contributed by atoms with Gasteiger partial charge in [-0.15, -0.1) is 0 Å². The van der Waals surface area contributed by atoms with Gasteiger partial charge in [-0.3, -0.25) is 9.78 Å². The Kier molecular flexibility index (Phi) is 6.38. The number of nitrogens with zero attached hydrogens (tertiary/aromatic N) is 1. The molecule has 5 nitrogen and oxygen atoms in total. The molecule has 0 saturated carbocycles. The average Bonchev–Trinajstić information content (AvgIpc) is 2.83. The normalized spacial score (nSPS) is 11.0. The molecule has 0 spiro atoms. The van der Waals surface area contributed by atoms with Gasteiger partial charge in [0.25, 0.3) is 0 Å². The number of carbonyl (C=O) groups excluding carboxylic acids is 1. The Morgan fingerprint density at radius 2 is 1.78 bits per heavy atom. The Morgan fingerprint density at radius 3 is 2.53 bits per heavy atom. The van der Waals surface area contributed by atoms with Crippen molar-refractivity contribution in [1.29, 1.82) is 0 Å². The van der Waals surface area contributed by atoms with E-state index in [0.717, 1.165) is 27.8 Å². The molecule has 32 heavy (non-hydrogen) atoms. The fraction of sp³-hybridized carbons (Fsp3) is 0.0769. The summed E-state index contributed by atoms with van der Waals surface area (Å²) in [5.41, 5.74) is 4.08. The number of ether oxygens (including phenoxy) is 2. The van der Waals surface area contributed by atoms with Gasteiger partial charge in [-0.25, -0.2) is 0 Å². The van der Waals surface area contributed by atoms with E-state index in [-0.39, 0.29) is 5.78 Å². The molecule has 0 atom stereocenters. The van der Waals surface area contributed by atoms with E-state index in [4.69, 9.17) is 21.1 Å². The number of hydrogen-bond donors (Lipinski definition) is 1. The summed E-state index contributed by atoms with van der Waals surface area (Å²) in [5.74, 6) is 0.966. The van der Waals surface area contributed by atoms with Crippen molar-refractivity contribution in [2.45, 2.75) is 0 Å². The van der Waals surface area contributed by atoms with Crippen molar-refractivity contribution in [3.8, 4) is 11.5 Å². The Balaban J connectivity index is 1.49. The average molecular weight is 445 g/mol. The summed E-state index contributed by atoms with van der Waals surface area (Å²) in [7, 11) is 3.10. The van der Waals surface area contributed by atoms with Gasteiger partial charge in [-0.05, 0) is 60.2 Å². The van der Waals surface area contributed by atoms with Gasteiger partial charge in [0.05, 0.1) is 25.3 Å². The third-order valence-corrected chi connectivity index (χ3v) is 5.23. The van der Waals surface area contributed by atoms with E-state index in [1.165, 1.54) is 13.2 Å². The summed E-state index contributed by atoms with van der Waals surface area (Å²) in [6, 6.07) is 20.5. The zero-order valence-corrected chi connectivity index (χ0v) is 18.4. The predicted molar refractivity (Wildman–Crippen MR) is 129 cm³/mol. The van der Waals surface area contributed by atoms with Crippen LogP contribution in [0.3, 0.4) is 0 Å². The number of nitrogens with one attached hydrogen (secondary N) is 1. The van der Waals surface area contributed by atoms with Crippen LogP contribution in [0.25, 0.3) is 17.0 Å². The van der Waals surface area contributed by atoms with E-state index >= 15 is 0 Å². The van der Waals surface area contributed by atoms with Crippen LogP contribution < -0.4 is 14.8 Å². The quantitative estimate of drug-likeness (QED) is 0.259. The molecule has 1 N–H and O–H groups in total. The topological polar surface area (TPSA) is 60.5 Å². The number of rotatable bonds is 7. The van der Waals surface area contributed by atoms with Gasteiger partial charge in [-0.2, -0.15) is 0 Å². The maximum atomic E-state index is 12.6. The maximum absolute atomic E-state index is 12.6. The molecule has 160 valence electrons. The summed E-state index contributed by atoms with van der Waals surface area (Å²) < 4.78 is 10.5. The lowest BCUT2D eigenvalue weighted by atomic mass is 10.1. The number of carbonyl (C=O) groups is 1. The molecule has 0 amide bonds. The van der Waals surface area contributed by atoms with E-state index < -0.39 is 0 Å². The monoisotopic (exact) mass is 444 g/mol. The number of pyridine rings is 1. The highest BCUT2D eigenvalue weighted by Gasteiger charge is 2.11. The first-order chi connectivity index (χ1) is 15.6. The van der Waals surface area contributed by atoms with Gasteiger partial charge in [0.2, 0.25) is 0 Å². The zero-order chi connectivity index (χ0) is 22.5. The molecule has 0 bridgehead atoms. The van der Waals surface area contributed by atoms with Crippen LogP contribution in [0.15, 0.2) is 79.0 Å². The summed E-state index contributed by atoms with van der Waals surface area (Å²) >= 11 is 6.07. The third-order valence-electron chi connectivity index (χ3n) is 5.00. The van der Waals surface area contributed by atoms with Crippen molar-refractivity contribution in [2.24, 2.45) is 0 Å². The number of hydrogen-bond acceptors (Lipinski definition) is 5. The van der Waals surface area contributed by atoms with Crippen molar-refractivity contribution in [1.82, 2.24) is 4.98 Å². The molecular weight excluding hydrogens is 424 g/mol. The van der Waals surface area contributed by atoms with Crippen LogP contribution >= 0.6 is 11.6 Å². The number of aromatic nitrogens is 1. The predicted octanol–water partition coefficient (Wildman–Crippen LogP) is 6.55. The van der Waals surface area contributed by atoms with Gasteiger partial charge in [0.15, 0.2) is 5.78 Å². The Bertz CT molecular complexity index is 1300. The van der Waals surface area contributed by atoms with Crippen molar-refractivity contribution >= 4 is 45.7 Å². The Morgan fingerprint density at radius 1 is 0.969 bits per heavy atom. The van der Waals surface area contributed by atoms with Gasteiger partial charge < -0.3 is 14.8 Å². The lowest BCUT2D eigenvalue weighted by Crippen LogP contribution is -1.99. The highest BCUT2D eigenvalue weighted by atomic mass is 35.5. The van der Waals surface area contributed by atoms with Crippen LogP contribution in [-0.4, -0.2) is 25.0 Å². The molecule has 4 aromatic rings. The number of ketones is 1. The number of fused-ring (bicyclic) bond motifs is 1. The van der Waals surface area contributed by atoms with Crippen molar-refractivity contribution < 1.29 is 14.3 Å². The second kappa shape index (κ2) is 9.54. The zero-order valence-electron chi connectivity index (χ0n) is 17.6. The lowest BCUT2D eigenvalue weighted by Gasteiger charge is -2.10. The van der Waals surface area contributed by atoms with Crippen LogP contribution in [0.1, 0.15) is 15.9 Å². The first-order valence-corrected chi connectivity index (χ1v) is 10.3. The van der Waals surface area contributed by atoms with Gasteiger partial charge >= 0.3 is 0 Å². The third kappa shape index (κ3) is 4.74. The van der Waals surface area contributed by atoms with Crippen LogP contribution in [0.4, 0.5) is 11.4 Å². The minimum Gasteiger partial charge on any atom is -0.497 e. The standard InChI is InChI=1S/C26H21ClN2O3/c1-31-20-9-11-22(26(16-20)32-2)25(30)12-5-17-3-7-19(8-4-17)29-23-13-14-28-24-15-18(27)6-10-21(23)24/h3-16H,1-2H3,(H,28,29). The summed E-state index contributed by atoms with van der Waals surface area (Å²) in [6.07, 6.45) is 5.06. The summed E-state index contributed by atoms with van der Waals surface area (Å²) in [6.45, 7) is 0. The molecule has 1 aromatic heterocycles. The number of halogens is 1. The molecule has 0 radical (unpaired) electrons. The van der Waals surface area contributed by atoms with Crippen molar-refractivity contribution in [2.75, 3.05) is 19.5 Å². The highest BCUT2D eigenvalue weighted by Crippen LogP contribution is 2.28. The van der Waals surface area contributed by atoms with Crippen molar-refractivity contribution in [3.63, 3.8) is 0 Å². The number of benzene rings is 3. The molecule has 3 aromatic carbocycles. The summed E-state index contributed by atoms with van der Waals surface area (Å²) in [5, 5.41) is 5.05. The Hall–Kier alpha value is -3.83. The molecule has 0 aliphatic carbocycles. The Labute approximate surface area is 191 Å². The molecule has 0 aliphatic heterocycles. The second-order valence-corrected chi connectivity index (χ2v) is 7.47. The fourth-order valence-corrected chi connectivity index (χ4v) is 3.49. The van der Waals surface area contributed by atoms with Crippen LogP contribution in [0.2, 0.25) is 5.02 Å². The van der Waals surface area contributed by atoms with Crippen LogP contribution in [-0.2, 0) is 0 Å². The van der Waals surface area contributed by atoms with Gasteiger partial charge in [-0.1, -0.05) is 29.8 Å². The fourth-order valence-electron chi connectivity index (χ4n) is 3.33. The first-order valence-electron chi connectivity index (χ1n) is 9.93. The second-order valence-electron chi connectivity index (χ2n) is 7.03. The van der Waals surface area contributed by atoms with Crippen LogP contribution in [0, 0.1) is 0 Å². The number of allylic oxidation sites excluding steroid dienone is 1. The summed E-state index contributed by atoms with van der Waals surface area (Å²) in [4.78, 5) is 17.0. The van der Waals surface area contributed by atoms with E-state index in [2.05, 4.69) is 10.3 Å². The molecule has 0 saturated heterocycles. The van der Waals surface area contributed by atoms with E-state index in [1.54, 1.807) is 37.6 Å². The molecule has 0 fully saturated rings. The number of anilines is 2. The minimum atomic E-state index is -0.145. The molecule has 1 heterocycles. The molecule has 6 heteroatoms. The van der Waals surface area contributed by atoms with E-state index in [9.17, 15) is 4.79 Å². The highest BCUT2D eigenvalue weighted by molar-refractivity contribution is 6.31. The van der Waals surface area contributed by atoms with E-state index in [1.807, 2.05) is 48.5 Å². The molecular formula is C26H21ClN2O3. The van der Waals surface area contributed by atoms with Gasteiger partial charge in [0, 0.05) is 34.0 Å². The largest absolute Gasteiger partial charge is 0.497 e. The van der Waals surface area contributed by atoms with Gasteiger partial charge in [0.1, 0.15) is 11.5 Å². The maximum Gasteiger partial charge on any atom is 0.189 e. The SMILES string of the molecule is COc1ccc(C(=O)C=Cc2ccc(Nc3ccnc4cc(Cl)ccc34)cc2)c(OC)c1. The van der Waals surface area contributed by atoms with Crippen molar-refractivity contribution in [3.05, 3.63) is 95.2 Å². The molecule has 0 unspecified atom stereocenters. The van der Waals surface area contributed by atoms with E-state index in [0.29, 0.717) is 22.1 Å². The minimum absolute atomic E-state index is 0.145. The smallest absolute Gasteiger partial charge is 0.189 e. The number of methoxy groups -OCH3 is 2. The molecule has 4 rings (SSSR count). The lowest BCUT2D eigenvalue weighted by molar-refractivity contribution is 0.104.